The number of anilines is 1. The number of guanidine groups is 1. The Morgan fingerprint density at radius 3 is 2.66 bits per heavy atom. The van der Waals surface area contributed by atoms with Gasteiger partial charge in [0.2, 0.25) is 5.91 Å². The maximum absolute atomic E-state index is 12.0. The molecule has 1 atom stereocenters. The second-order valence-electron chi connectivity index (χ2n) is 7.71. The monoisotopic (exact) mass is 571 g/mol. The molecule has 174 valence electrons. The number of hydrogen-bond acceptors (Lipinski definition) is 4. The number of ether oxygens (including phenoxy) is 1. The minimum atomic E-state index is -0.00840. The zero-order valence-corrected chi connectivity index (χ0v) is 21.8. The van der Waals surface area contributed by atoms with Crippen LogP contribution in [-0.2, 0) is 11.3 Å². The van der Waals surface area contributed by atoms with E-state index in [2.05, 4.69) is 21.6 Å². The van der Waals surface area contributed by atoms with Crippen LogP contribution in [0.25, 0.3) is 0 Å². The van der Waals surface area contributed by atoms with E-state index in [9.17, 15) is 4.79 Å². The Kier molecular flexibility index (Phi) is 10.4. The summed E-state index contributed by atoms with van der Waals surface area (Å²) in [5, 5.41) is 7.39. The zero-order chi connectivity index (χ0) is 22.2. The van der Waals surface area contributed by atoms with E-state index in [1.165, 1.54) is 0 Å². The summed E-state index contributed by atoms with van der Waals surface area (Å²) >= 11 is 6.14. The molecule has 2 N–H and O–H groups in total. The normalized spacial score (nSPS) is 15.7. The minimum absolute atomic E-state index is 0. The summed E-state index contributed by atoms with van der Waals surface area (Å²) in [6.45, 7) is 2.46. The molecule has 0 aromatic heterocycles. The summed E-state index contributed by atoms with van der Waals surface area (Å²) in [7, 11) is 5.13. The van der Waals surface area contributed by atoms with Gasteiger partial charge < -0.3 is 25.2 Å². The first-order valence-corrected chi connectivity index (χ1v) is 10.7. The van der Waals surface area contributed by atoms with Crippen molar-refractivity contribution in [1.82, 2.24) is 15.5 Å². The molecule has 1 amide bonds. The van der Waals surface area contributed by atoms with Crippen LogP contribution in [0.2, 0.25) is 5.02 Å². The largest absolute Gasteiger partial charge is 0.497 e. The lowest BCUT2D eigenvalue weighted by Crippen LogP contribution is -2.47. The second-order valence-corrected chi connectivity index (χ2v) is 8.15. The third-order valence-electron chi connectivity index (χ3n) is 5.19. The van der Waals surface area contributed by atoms with Gasteiger partial charge >= 0.3 is 0 Å². The van der Waals surface area contributed by atoms with Gasteiger partial charge in [-0.15, -0.1) is 24.0 Å². The summed E-state index contributed by atoms with van der Waals surface area (Å²) < 4.78 is 5.21. The fraction of sp³-hybridized carbons (Fsp3) is 0.391. The predicted octanol–water partition coefficient (Wildman–Crippen LogP) is 3.37. The average molecular weight is 572 g/mol. The Hall–Kier alpha value is -2.20. The standard InChI is InChI=1S/C23H30ClN5O2.HI/c1-28(2)22(30)15-26-23(25-14-17-7-9-21(31-3)10-8-17)27-19-11-12-29(16-19)20-6-4-5-18(24)13-20;/h4-10,13,19H,11-12,14-16H2,1-3H3,(H2,25,26,27);1H. The molecule has 3 rings (SSSR count). The SMILES string of the molecule is COc1ccc(CN=C(NCC(=O)N(C)C)NC2CCN(c3cccc(Cl)c3)C2)cc1.I. The molecule has 0 aliphatic carbocycles. The van der Waals surface area contributed by atoms with Gasteiger partial charge in [0.1, 0.15) is 5.75 Å². The third-order valence-corrected chi connectivity index (χ3v) is 5.42. The maximum atomic E-state index is 12.0. The number of rotatable bonds is 7. The summed E-state index contributed by atoms with van der Waals surface area (Å²) in [6.07, 6.45) is 0.970. The van der Waals surface area contributed by atoms with E-state index in [1.54, 1.807) is 26.1 Å². The van der Waals surface area contributed by atoms with Gasteiger partial charge in [-0.3, -0.25) is 4.79 Å². The van der Waals surface area contributed by atoms with Crippen LogP contribution in [0.4, 0.5) is 5.69 Å². The third kappa shape index (κ3) is 7.74. The van der Waals surface area contributed by atoms with E-state index in [4.69, 9.17) is 21.3 Å². The predicted molar refractivity (Wildman–Crippen MR) is 141 cm³/mol. The molecular formula is C23H31ClIN5O2. The van der Waals surface area contributed by atoms with Crippen LogP contribution in [0.15, 0.2) is 53.5 Å². The Morgan fingerprint density at radius 2 is 2.00 bits per heavy atom. The van der Waals surface area contributed by atoms with Gasteiger partial charge in [-0.25, -0.2) is 4.99 Å². The van der Waals surface area contributed by atoms with Crippen LogP contribution in [0.3, 0.4) is 0 Å². The number of nitrogens with one attached hydrogen (secondary N) is 2. The first kappa shape index (κ1) is 26.1. The highest BCUT2D eigenvalue weighted by molar-refractivity contribution is 14.0. The van der Waals surface area contributed by atoms with Crippen molar-refractivity contribution >= 4 is 53.1 Å². The quantitative estimate of drug-likeness (QED) is 0.303. The van der Waals surface area contributed by atoms with Gasteiger partial charge in [-0.2, -0.15) is 0 Å². The molecule has 0 radical (unpaired) electrons. The summed E-state index contributed by atoms with van der Waals surface area (Å²) in [6, 6.07) is 15.9. The number of amides is 1. The van der Waals surface area contributed by atoms with E-state index >= 15 is 0 Å². The van der Waals surface area contributed by atoms with Crippen LogP contribution in [0.1, 0.15) is 12.0 Å². The average Bonchev–Trinajstić information content (AvgIpc) is 3.24. The van der Waals surface area contributed by atoms with Crippen LogP contribution >= 0.6 is 35.6 Å². The van der Waals surface area contributed by atoms with Crippen molar-refractivity contribution < 1.29 is 9.53 Å². The van der Waals surface area contributed by atoms with Gasteiger partial charge in [-0.05, 0) is 42.3 Å². The molecule has 1 aliphatic rings. The number of likely N-dealkylation sites (N-methyl/N-ethyl adjacent to an activating group) is 1. The second kappa shape index (κ2) is 12.7. The van der Waals surface area contributed by atoms with Gasteiger partial charge in [0.05, 0.1) is 20.2 Å². The van der Waals surface area contributed by atoms with E-state index in [0.29, 0.717) is 12.5 Å². The van der Waals surface area contributed by atoms with Crippen LogP contribution < -0.4 is 20.3 Å². The fourth-order valence-corrected chi connectivity index (χ4v) is 3.53. The molecule has 1 heterocycles. The highest BCUT2D eigenvalue weighted by Gasteiger charge is 2.24. The first-order valence-electron chi connectivity index (χ1n) is 10.3. The highest BCUT2D eigenvalue weighted by Crippen LogP contribution is 2.23. The number of benzene rings is 2. The van der Waals surface area contributed by atoms with Crippen molar-refractivity contribution in [3.05, 3.63) is 59.1 Å². The van der Waals surface area contributed by atoms with E-state index in [1.807, 2.05) is 42.5 Å². The molecule has 0 bridgehead atoms. The van der Waals surface area contributed by atoms with E-state index in [-0.39, 0.29) is 42.5 Å². The fourth-order valence-electron chi connectivity index (χ4n) is 3.35. The first-order chi connectivity index (χ1) is 14.9. The van der Waals surface area contributed by atoms with Gasteiger partial charge in [-0.1, -0.05) is 29.8 Å². The van der Waals surface area contributed by atoms with Crippen molar-refractivity contribution in [3.8, 4) is 5.75 Å². The van der Waals surface area contributed by atoms with Crippen molar-refractivity contribution in [2.45, 2.75) is 19.0 Å². The number of methoxy groups -OCH3 is 1. The van der Waals surface area contributed by atoms with Crippen molar-refractivity contribution in [3.63, 3.8) is 0 Å². The lowest BCUT2D eigenvalue weighted by Gasteiger charge is -2.21. The number of carbonyl (C=O) groups excluding carboxylic acids is 1. The molecule has 32 heavy (non-hydrogen) atoms. The maximum Gasteiger partial charge on any atom is 0.241 e. The molecule has 9 heteroatoms. The zero-order valence-electron chi connectivity index (χ0n) is 18.7. The van der Waals surface area contributed by atoms with Crippen molar-refractivity contribution in [2.75, 3.05) is 45.7 Å². The molecule has 2 aromatic carbocycles. The van der Waals surface area contributed by atoms with Crippen LogP contribution in [0.5, 0.6) is 5.75 Å². The molecule has 2 aromatic rings. The highest BCUT2D eigenvalue weighted by atomic mass is 127. The lowest BCUT2D eigenvalue weighted by molar-refractivity contribution is -0.127. The topological polar surface area (TPSA) is 69.2 Å². The van der Waals surface area contributed by atoms with Crippen LogP contribution in [0, 0.1) is 0 Å². The number of nitrogens with zero attached hydrogens (tertiary/aromatic N) is 3. The molecule has 7 nitrogen and oxygen atoms in total. The molecule has 1 fully saturated rings. The Labute approximate surface area is 212 Å². The number of hydrogen-bond donors (Lipinski definition) is 2. The number of halogens is 2. The molecular weight excluding hydrogens is 541 g/mol. The Bertz CT molecular complexity index is 908. The molecule has 0 saturated carbocycles. The summed E-state index contributed by atoms with van der Waals surface area (Å²) in [5.74, 6) is 1.43. The Morgan fingerprint density at radius 1 is 1.25 bits per heavy atom. The van der Waals surface area contributed by atoms with E-state index < -0.39 is 0 Å². The molecule has 0 spiro atoms. The molecule has 1 aliphatic heterocycles. The number of carbonyl (C=O) groups is 1. The van der Waals surface area contributed by atoms with Gasteiger partial charge in [0.25, 0.3) is 0 Å². The Balaban J connectivity index is 0.00000363. The minimum Gasteiger partial charge on any atom is -0.497 e. The van der Waals surface area contributed by atoms with E-state index in [0.717, 1.165) is 41.5 Å². The van der Waals surface area contributed by atoms with Crippen molar-refractivity contribution in [2.24, 2.45) is 4.99 Å². The van der Waals surface area contributed by atoms with Gasteiger partial charge in [0.15, 0.2) is 5.96 Å². The smallest absolute Gasteiger partial charge is 0.241 e. The van der Waals surface area contributed by atoms with Gasteiger partial charge in [0, 0.05) is 43.9 Å². The molecule has 1 unspecified atom stereocenters. The van der Waals surface area contributed by atoms with Crippen molar-refractivity contribution in [1.29, 1.82) is 0 Å². The lowest BCUT2D eigenvalue weighted by atomic mass is 10.2. The summed E-state index contributed by atoms with van der Waals surface area (Å²) in [5.41, 5.74) is 2.18. The molecule has 1 saturated heterocycles. The number of aliphatic imine (C=N–C) groups is 1. The summed E-state index contributed by atoms with van der Waals surface area (Å²) in [4.78, 5) is 20.6. The van der Waals surface area contributed by atoms with Crippen LogP contribution in [-0.4, -0.2) is 63.6 Å².